The molecule has 4 atom stereocenters. The number of amides is 1. The first-order valence-corrected chi connectivity index (χ1v) is 25.9. The van der Waals surface area contributed by atoms with Gasteiger partial charge in [-0.1, -0.05) is 132 Å². The molecule has 0 aromatic heterocycles. The van der Waals surface area contributed by atoms with Crippen LogP contribution in [0.3, 0.4) is 0 Å². The van der Waals surface area contributed by atoms with Gasteiger partial charge in [-0.2, -0.15) is 0 Å². The van der Waals surface area contributed by atoms with Gasteiger partial charge in [0.2, 0.25) is 0 Å². The van der Waals surface area contributed by atoms with Crippen LogP contribution in [-0.4, -0.2) is 62.1 Å². The Hall–Kier alpha value is -6.15. The molecule has 6 rings (SSSR count). The third kappa shape index (κ3) is 19.5. The van der Waals surface area contributed by atoms with Gasteiger partial charge in [-0.25, -0.2) is 13.6 Å². The number of alkyl carbamates (subject to hydrolysis) is 1. The lowest BCUT2D eigenvalue weighted by Gasteiger charge is -2.32. The standard InChI is InChI=1S/C33H39ClFNO5.C28H31ClFNO3/c1-6-39-22-33(5,30(37)40-21-24-10-8-7-9-11-24)20-27(36-31(38)41-32(2,3)4)18-23-12-14-25(15-13-23)28-19-26(34)16-17-29(28)35;1-3-33-19-28(2,27(32)34-18-21-7-5-4-6-8-21)17-24(31)15-20-9-11-22(12-10-20)25-16-23(29)13-14-26(25)30/h7-17,19,27H,6,18,20-22H2,1-5H3,(H,36,38);4-14,16,24H,3,15,17-19,31H2,1-2H3/t27-,33+;24-,28+/m11/s1. The van der Waals surface area contributed by atoms with E-state index in [4.69, 9.17) is 52.6 Å². The number of esters is 2. The summed E-state index contributed by atoms with van der Waals surface area (Å²) < 4.78 is 56.7. The lowest BCUT2D eigenvalue weighted by atomic mass is 9.82. The maximum atomic E-state index is 14.4. The van der Waals surface area contributed by atoms with Crippen molar-refractivity contribution in [3.8, 4) is 22.3 Å². The molecule has 10 nitrogen and oxygen atoms in total. The maximum absolute atomic E-state index is 14.4. The van der Waals surface area contributed by atoms with E-state index in [1.807, 2.05) is 130 Å². The Balaban J connectivity index is 0.000000282. The molecular formula is C61H70Cl2F2N2O8. The monoisotopic (exact) mass is 1070 g/mol. The summed E-state index contributed by atoms with van der Waals surface area (Å²) in [6.45, 7) is 14.3. The van der Waals surface area contributed by atoms with Gasteiger partial charge in [-0.05, 0) is 144 Å². The number of ether oxygens (including phenoxy) is 5. The average molecular weight is 1070 g/mol. The summed E-state index contributed by atoms with van der Waals surface area (Å²) in [6, 6.07) is 42.0. The molecule has 0 spiro atoms. The van der Waals surface area contributed by atoms with E-state index >= 15 is 0 Å². The van der Waals surface area contributed by atoms with Crippen molar-refractivity contribution >= 4 is 41.2 Å². The Morgan fingerprint density at radius 3 is 1.39 bits per heavy atom. The summed E-state index contributed by atoms with van der Waals surface area (Å²) in [5, 5.41) is 3.87. The minimum Gasteiger partial charge on any atom is -0.460 e. The zero-order valence-corrected chi connectivity index (χ0v) is 45.4. The van der Waals surface area contributed by atoms with E-state index in [0.717, 1.165) is 27.8 Å². The summed E-state index contributed by atoms with van der Waals surface area (Å²) in [4.78, 5) is 39.2. The van der Waals surface area contributed by atoms with Crippen LogP contribution in [0.1, 0.15) is 83.6 Å². The summed E-state index contributed by atoms with van der Waals surface area (Å²) in [6.07, 6.45) is 1.02. The van der Waals surface area contributed by atoms with E-state index in [9.17, 15) is 23.2 Å². The Morgan fingerprint density at radius 1 is 0.560 bits per heavy atom. The molecule has 400 valence electrons. The van der Waals surface area contributed by atoms with E-state index in [1.54, 1.807) is 39.8 Å². The average Bonchev–Trinajstić information content (AvgIpc) is 3.38. The van der Waals surface area contributed by atoms with Crippen molar-refractivity contribution in [2.75, 3.05) is 26.4 Å². The molecule has 6 aromatic carbocycles. The topological polar surface area (TPSA) is 135 Å². The molecule has 1 amide bonds. The van der Waals surface area contributed by atoms with Gasteiger partial charge in [-0.15, -0.1) is 0 Å². The smallest absolute Gasteiger partial charge is 0.407 e. The molecule has 0 saturated heterocycles. The quantitative estimate of drug-likeness (QED) is 0.0475. The lowest BCUT2D eigenvalue weighted by Crippen LogP contribution is -2.46. The highest BCUT2D eigenvalue weighted by Gasteiger charge is 2.39. The van der Waals surface area contributed by atoms with Gasteiger partial charge in [0.15, 0.2) is 0 Å². The predicted octanol–water partition coefficient (Wildman–Crippen LogP) is 14.0. The van der Waals surface area contributed by atoms with Gasteiger partial charge in [-0.3, -0.25) is 9.59 Å². The first kappa shape index (κ1) is 59.7. The molecule has 0 aliphatic rings. The van der Waals surface area contributed by atoms with Crippen LogP contribution in [0, 0.1) is 22.5 Å². The zero-order chi connectivity index (χ0) is 54.6. The fourth-order valence-electron chi connectivity index (χ4n) is 8.36. The zero-order valence-electron chi connectivity index (χ0n) is 43.9. The molecule has 0 heterocycles. The molecule has 0 aliphatic carbocycles. The third-order valence-corrected chi connectivity index (χ3v) is 12.6. The molecule has 0 aliphatic heterocycles. The molecule has 75 heavy (non-hydrogen) atoms. The molecule has 6 aromatic rings. The Labute approximate surface area is 451 Å². The van der Waals surface area contributed by atoms with Crippen LogP contribution in [0.2, 0.25) is 10.0 Å². The van der Waals surface area contributed by atoms with Gasteiger partial charge in [0, 0.05) is 46.5 Å². The molecule has 3 N–H and O–H groups in total. The van der Waals surface area contributed by atoms with Crippen molar-refractivity contribution < 1.29 is 46.8 Å². The fourth-order valence-corrected chi connectivity index (χ4v) is 8.70. The number of nitrogens with one attached hydrogen (secondary N) is 1. The molecule has 0 saturated carbocycles. The van der Waals surface area contributed by atoms with E-state index in [1.165, 1.54) is 24.3 Å². The lowest BCUT2D eigenvalue weighted by molar-refractivity contribution is -0.161. The van der Waals surface area contributed by atoms with Crippen molar-refractivity contribution in [3.63, 3.8) is 0 Å². The van der Waals surface area contributed by atoms with E-state index < -0.39 is 34.5 Å². The summed E-state index contributed by atoms with van der Waals surface area (Å²) in [7, 11) is 0. The van der Waals surface area contributed by atoms with Gasteiger partial charge < -0.3 is 34.7 Å². The van der Waals surface area contributed by atoms with Crippen molar-refractivity contribution in [2.24, 2.45) is 16.6 Å². The van der Waals surface area contributed by atoms with Crippen molar-refractivity contribution in [1.29, 1.82) is 0 Å². The number of carbonyl (C=O) groups is 3. The highest BCUT2D eigenvalue weighted by Crippen LogP contribution is 2.32. The second kappa shape index (κ2) is 28.7. The second-order valence-electron chi connectivity index (χ2n) is 20.1. The number of halogens is 4. The minimum atomic E-state index is -1.05. The van der Waals surface area contributed by atoms with Crippen LogP contribution in [0.15, 0.2) is 146 Å². The number of benzene rings is 6. The Kier molecular flexibility index (Phi) is 22.8. The van der Waals surface area contributed by atoms with Gasteiger partial charge >= 0.3 is 18.0 Å². The number of hydrogen-bond donors (Lipinski definition) is 2. The highest BCUT2D eigenvalue weighted by molar-refractivity contribution is 6.31. The maximum Gasteiger partial charge on any atom is 0.407 e. The van der Waals surface area contributed by atoms with E-state index in [2.05, 4.69) is 5.32 Å². The minimum absolute atomic E-state index is 0.122. The molecule has 14 heteroatoms. The van der Waals surface area contributed by atoms with E-state index in [0.29, 0.717) is 59.2 Å². The number of rotatable bonds is 23. The largest absolute Gasteiger partial charge is 0.460 e. The number of hydrogen-bond acceptors (Lipinski definition) is 9. The molecule has 0 radical (unpaired) electrons. The van der Waals surface area contributed by atoms with Crippen LogP contribution in [0.5, 0.6) is 0 Å². The number of carbonyl (C=O) groups excluding carboxylic acids is 3. The Morgan fingerprint density at radius 2 is 0.973 bits per heavy atom. The fraction of sp³-hybridized carbons (Fsp3) is 0.361. The van der Waals surface area contributed by atoms with Gasteiger partial charge in [0.05, 0.1) is 24.0 Å². The van der Waals surface area contributed by atoms with Gasteiger partial charge in [0.1, 0.15) is 30.4 Å². The van der Waals surface area contributed by atoms with Crippen molar-refractivity contribution in [2.45, 2.75) is 105 Å². The van der Waals surface area contributed by atoms with Crippen LogP contribution < -0.4 is 11.1 Å². The van der Waals surface area contributed by atoms with Gasteiger partial charge in [0.25, 0.3) is 0 Å². The molecule has 0 bridgehead atoms. The highest BCUT2D eigenvalue weighted by atomic mass is 35.5. The van der Waals surface area contributed by atoms with Crippen LogP contribution in [0.4, 0.5) is 13.6 Å². The first-order chi connectivity index (χ1) is 35.7. The predicted molar refractivity (Wildman–Crippen MR) is 293 cm³/mol. The summed E-state index contributed by atoms with van der Waals surface area (Å²) in [5.74, 6) is -1.44. The SMILES string of the molecule is CCOC[C@](C)(C[C@@H](Cc1ccc(-c2cc(Cl)ccc2F)cc1)NC(=O)OC(C)(C)C)C(=O)OCc1ccccc1.CCOC[C@](C)(C[C@H](N)Cc1ccc(-c2cc(Cl)ccc2F)cc1)C(=O)OCc1ccccc1. The first-order valence-electron chi connectivity index (χ1n) is 25.1. The summed E-state index contributed by atoms with van der Waals surface area (Å²) >= 11 is 12.1. The Bertz CT molecular complexity index is 2740. The second-order valence-corrected chi connectivity index (χ2v) is 21.0. The molecule has 0 unspecified atom stereocenters. The third-order valence-electron chi connectivity index (χ3n) is 12.2. The summed E-state index contributed by atoms with van der Waals surface area (Å²) in [5.41, 5.74) is 9.80. The van der Waals surface area contributed by atoms with Crippen molar-refractivity contribution in [1.82, 2.24) is 5.32 Å². The van der Waals surface area contributed by atoms with Crippen LogP contribution in [0.25, 0.3) is 22.3 Å². The van der Waals surface area contributed by atoms with Crippen LogP contribution in [-0.2, 0) is 59.3 Å². The normalized spacial score (nSPS) is 13.7. The van der Waals surface area contributed by atoms with Crippen molar-refractivity contribution in [3.05, 3.63) is 190 Å². The molecular weight excluding hydrogens is 998 g/mol. The van der Waals surface area contributed by atoms with E-state index in [-0.39, 0.29) is 56.5 Å². The molecule has 0 fully saturated rings. The number of nitrogens with two attached hydrogens (primary N) is 1. The van der Waals surface area contributed by atoms with Crippen LogP contribution >= 0.6 is 23.2 Å².